The van der Waals surface area contributed by atoms with Gasteiger partial charge in [0.15, 0.2) is 11.6 Å². The molecule has 0 unspecified atom stereocenters. The average molecular weight is 505 g/mol. The van der Waals surface area contributed by atoms with Crippen molar-refractivity contribution in [2.24, 2.45) is 10.1 Å². The molecule has 0 saturated carbocycles. The Balaban J connectivity index is 1.58. The van der Waals surface area contributed by atoms with Crippen LogP contribution in [0, 0.1) is 5.82 Å². The Bertz CT molecular complexity index is 1190. The van der Waals surface area contributed by atoms with E-state index in [0.29, 0.717) is 32.0 Å². The molecule has 0 atom stereocenters. The van der Waals surface area contributed by atoms with Crippen LogP contribution in [0.5, 0.6) is 0 Å². The Hall–Kier alpha value is -4.13. The Morgan fingerprint density at radius 2 is 2.00 bits per heavy atom. The molecule has 3 rings (SSSR count). The van der Waals surface area contributed by atoms with Gasteiger partial charge in [-0.3, -0.25) is 9.79 Å². The Kier molecular flexibility index (Phi) is 8.84. The first-order chi connectivity index (χ1) is 17.2. The van der Waals surface area contributed by atoms with E-state index < -0.39 is 23.5 Å². The average Bonchev–Trinajstić information content (AvgIpc) is 2.87. The van der Waals surface area contributed by atoms with Gasteiger partial charge < -0.3 is 15.0 Å². The number of anilines is 3. The van der Waals surface area contributed by atoms with Crippen LogP contribution in [0.3, 0.4) is 0 Å². The number of carbonyl (C=O) groups is 1. The van der Waals surface area contributed by atoms with E-state index in [4.69, 9.17) is 4.74 Å². The second-order valence-electron chi connectivity index (χ2n) is 7.37. The molecule has 1 aromatic carbocycles. The van der Waals surface area contributed by atoms with E-state index >= 15 is 0 Å². The van der Waals surface area contributed by atoms with Crippen LogP contribution in [0.2, 0.25) is 0 Å². The van der Waals surface area contributed by atoms with Crippen molar-refractivity contribution in [1.82, 2.24) is 9.97 Å². The van der Waals surface area contributed by atoms with Gasteiger partial charge in [0.25, 0.3) is 5.91 Å². The molecule has 0 bridgehead atoms. The number of carbonyl (C=O) groups excluding carboxylic acids is 1. The first-order valence-corrected chi connectivity index (χ1v) is 10.6. The predicted molar refractivity (Wildman–Crippen MR) is 129 cm³/mol. The lowest BCUT2D eigenvalue weighted by molar-refractivity contribution is -0.137. The van der Waals surface area contributed by atoms with Gasteiger partial charge >= 0.3 is 6.18 Å². The summed E-state index contributed by atoms with van der Waals surface area (Å²) in [4.78, 5) is 26.0. The largest absolute Gasteiger partial charge is 0.416 e. The predicted octanol–water partition coefficient (Wildman–Crippen LogP) is 3.69. The van der Waals surface area contributed by atoms with Crippen LogP contribution in [0.1, 0.15) is 5.56 Å². The number of alkyl halides is 3. The molecule has 1 aliphatic heterocycles. The fraction of sp³-hybridized carbons (Fsp3) is 0.261. The smallest absolute Gasteiger partial charge is 0.378 e. The van der Waals surface area contributed by atoms with Gasteiger partial charge in [-0.15, -0.1) is 0 Å². The number of amides is 1. The first kappa shape index (κ1) is 26.5. The molecule has 2 aromatic rings. The van der Waals surface area contributed by atoms with Crippen LogP contribution >= 0.6 is 0 Å². The lowest BCUT2D eigenvalue weighted by atomic mass is 10.1. The molecule has 190 valence electrons. The molecular formula is C23H23F4N7O2. The lowest BCUT2D eigenvalue weighted by Gasteiger charge is -2.27. The maximum Gasteiger partial charge on any atom is 0.416 e. The van der Waals surface area contributed by atoms with Crippen molar-refractivity contribution in [3.63, 3.8) is 0 Å². The quantitative estimate of drug-likeness (QED) is 0.187. The number of aliphatic imine (C=N–C) groups is 1. The molecule has 0 spiro atoms. The molecule has 1 amide bonds. The minimum Gasteiger partial charge on any atom is -0.378 e. The van der Waals surface area contributed by atoms with Gasteiger partial charge in [-0.25, -0.2) is 14.8 Å². The van der Waals surface area contributed by atoms with Gasteiger partial charge in [-0.1, -0.05) is 12.6 Å². The van der Waals surface area contributed by atoms with Crippen LogP contribution in [0.25, 0.3) is 0 Å². The number of hydrogen-bond donors (Lipinski definition) is 2. The molecule has 1 fully saturated rings. The number of hydrazone groups is 1. The van der Waals surface area contributed by atoms with E-state index in [1.165, 1.54) is 37.5 Å². The number of ether oxygens (including phenoxy) is 1. The Morgan fingerprint density at radius 3 is 2.69 bits per heavy atom. The second kappa shape index (κ2) is 12.0. The maximum atomic E-state index is 14.1. The normalized spacial score (nSPS) is 14.9. The topological polar surface area (TPSA) is 104 Å². The standard InChI is InChI=1S/C23H23F4N7O2/c1-15(21(35)31-17-5-3-4-16(12-17)23(25,26)27)6-7-18(28-2)13-30-33-22-29-14-19(24)20(32-22)34-8-10-36-11-9-34/h3-7,12-14H,1,8-11H2,2H3,(H,31,35)(H,29,32,33)/b7-6-,28-18?,30-13+. The highest BCUT2D eigenvalue weighted by molar-refractivity contribution is 6.36. The van der Waals surface area contributed by atoms with Gasteiger partial charge in [0.1, 0.15) is 0 Å². The molecule has 1 saturated heterocycles. The van der Waals surface area contributed by atoms with Crippen molar-refractivity contribution in [2.45, 2.75) is 6.18 Å². The van der Waals surface area contributed by atoms with E-state index in [9.17, 15) is 22.4 Å². The summed E-state index contributed by atoms with van der Waals surface area (Å²) in [5.74, 6) is -1.05. The van der Waals surface area contributed by atoms with Crippen molar-refractivity contribution >= 4 is 35.3 Å². The molecule has 9 nitrogen and oxygen atoms in total. The second-order valence-corrected chi connectivity index (χ2v) is 7.37. The van der Waals surface area contributed by atoms with Crippen molar-refractivity contribution in [1.29, 1.82) is 0 Å². The van der Waals surface area contributed by atoms with Crippen molar-refractivity contribution < 1.29 is 27.1 Å². The molecular weight excluding hydrogens is 482 g/mol. The highest BCUT2D eigenvalue weighted by Gasteiger charge is 2.30. The van der Waals surface area contributed by atoms with E-state index in [0.717, 1.165) is 18.3 Å². The Morgan fingerprint density at radius 1 is 1.25 bits per heavy atom. The number of hydrogen-bond acceptors (Lipinski definition) is 8. The molecule has 13 heteroatoms. The number of allylic oxidation sites excluding steroid dienone is 1. The lowest BCUT2D eigenvalue weighted by Crippen LogP contribution is -2.37. The van der Waals surface area contributed by atoms with E-state index in [2.05, 4.69) is 37.4 Å². The van der Waals surface area contributed by atoms with Crippen LogP contribution < -0.4 is 15.6 Å². The number of aromatic nitrogens is 2. The number of morpholine rings is 1. The zero-order valence-corrected chi connectivity index (χ0v) is 19.2. The van der Waals surface area contributed by atoms with Crippen LogP contribution in [0.4, 0.5) is 35.0 Å². The summed E-state index contributed by atoms with van der Waals surface area (Å²) in [5, 5.41) is 6.33. The van der Waals surface area contributed by atoms with Crippen LogP contribution in [-0.2, 0) is 15.7 Å². The van der Waals surface area contributed by atoms with Crippen molar-refractivity contribution in [3.8, 4) is 0 Å². The number of rotatable bonds is 8. The fourth-order valence-electron chi connectivity index (χ4n) is 2.99. The van der Waals surface area contributed by atoms with Crippen molar-refractivity contribution in [3.05, 3.63) is 66.1 Å². The number of nitrogens with one attached hydrogen (secondary N) is 2. The molecule has 2 heterocycles. The van der Waals surface area contributed by atoms with Gasteiger partial charge in [-0.05, 0) is 30.4 Å². The minimum atomic E-state index is -4.53. The molecule has 0 radical (unpaired) electrons. The third kappa shape index (κ3) is 7.43. The highest BCUT2D eigenvalue weighted by atomic mass is 19.4. The molecule has 1 aliphatic rings. The highest BCUT2D eigenvalue weighted by Crippen LogP contribution is 2.30. The maximum absolute atomic E-state index is 14.1. The number of halogens is 4. The molecule has 2 N–H and O–H groups in total. The zero-order chi connectivity index (χ0) is 26.1. The van der Waals surface area contributed by atoms with E-state index in [1.54, 1.807) is 4.90 Å². The van der Waals surface area contributed by atoms with Gasteiger partial charge in [-0.2, -0.15) is 23.3 Å². The molecule has 0 aliphatic carbocycles. The number of benzene rings is 1. The summed E-state index contributed by atoms with van der Waals surface area (Å²) < 4.78 is 57.9. The Labute approximate surface area is 204 Å². The fourth-order valence-corrected chi connectivity index (χ4v) is 2.99. The zero-order valence-electron chi connectivity index (χ0n) is 19.2. The summed E-state index contributed by atoms with van der Waals surface area (Å²) in [6.07, 6.45) is 0.597. The van der Waals surface area contributed by atoms with Gasteiger partial charge in [0.2, 0.25) is 5.95 Å². The SMILES string of the molecule is C=C(/C=C\C(/C=N/Nc1ncc(F)c(N2CCOCC2)n1)=NC)C(=O)Nc1cccc(C(F)(F)F)c1. The van der Waals surface area contributed by atoms with Crippen LogP contribution in [-0.4, -0.2) is 61.2 Å². The number of nitrogens with zero attached hydrogens (tertiary/aromatic N) is 5. The van der Waals surface area contributed by atoms with Gasteiger partial charge in [0, 0.05) is 31.4 Å². The van der Waals surface area contributed by atoms with Crippen LogP contribution in [0.15, 0.2) is 64.9 Å². The third-order valence-electron chi connectivity index (χ3n) is 4.85. The first-order valence-electron chi connectivity index (χ1n) is 10.6. The summed E-state index contributed by atoms with van der Waals surface area (Å²) in [5.41, 5.74) is 1.99. The monoisotopic (exact) mass is 505 g/mol. The van der Waals surface area contributed by atoms with Gasteiger partial charge in [0.05, 0.1) is 36.9 Å². The minimum absolute atomic E-state index is 0.0183. The molecule has 1 aromatic heterocycles. The molecule has 36 heavy (non-hydrogen) atoms. The summed E-state index contributed by atoms with van der Waals surface area (Å²) >= 11 is 0. The summed E-state index contributed by atoms with van der Waals surface area (Å²) in [6.45, 7) is 5.55. The third-order valence-corrected chi connectivity index (χ3v) is 4.85. The van der Waals surface area contributed by atoms with E-state index in [1.807, 2.05) is 0 Å². The van der Waals surface area contributed by atoms with E-state index in [-0.39, 0.29) is 23.0 Å². The van der Waals surface area contributed by atoms with Crippen molar-refractivity contribution in [2.75, 3.05) is 49.0 Å². The summed E-state index contributed by atoms with van der Waals surface area (Å²) in [6, 6.07) is 4.26. The summed E-state index contributed by atoms with van der Waals surface area (Å²) in [7, 11) is 1.49.